The number of hydrogen-bond acceptors (Lipinski definition) is 4. The van der Waals surface area contributed by atoms with Gasteiger partial charge in [-0.2, -0.15) is 0 Å². The van der Waals surface area contributed by atoms with Crippen LogP contribution in [0.15, 0.2) is 16.6 Å². The molecule has 0 radical (unpaired) electrons. The minimum atomic E-state index is -1.24. The number of aliphatic hydroxyl groups is 1. The van der Waals surface area contributed by atoms with Crippen LogP contribution in [0.1, 0.15) is 17.2 Å². The molecule has 16 heavy (non-hydrogen) atoms. The van der Waals surface area contributed by atoms with Crippen molar-refractivity contribution in [3.8, 4) is 5.75 Å². The van der Waals surface area contributed by atoms with Crippen LogP contribution in [0.25, 0.3) is 0 Å². The molecule has 5 heteroatoms. The first-order valence-corrected chi connectivity index (χ1v) is 5.64. The van der Waals surface area contributed by atoms with Crippen LogP contribution in [0.5, 0.6) is 5.75 Å². The van der Waals surface area contributed by atoms with E-state index in [2.05, 4.69) is 20.7 Å². The van der Waals surface area contributed by atoms with Crippen molar-refractivity contribution >= 4 is 21.9 Å². The van der Waals surface area contributed by atoms with Crippen molar-refractivity contribution in [1.29, 1.82) is 0 Å². The Balaban J connectivity index is 2.36. The maximum atomic E-state index is 11.2. The molecular formula is C11H11BrO4. The number of fused-ring (bicyclic) bond motifs is 1. The Morgan fingerprint density at radius 2 is 2.38 bits per heavy atom. The van der Waals surface area contributed by atoms with Crippen LogP contribution in [-0.4, -0.2) is 24.8 Å². The second-order valence-corrected chi connectivity index (χ2v) is 4.37. The molecule has 1 aromatic rings. The summed E-state index contributed by atoms with van der Waals surface area (Å²) in [5, 5.41) is 9.71. The van der Waals surface area contributed by atoms with Gasteiger partial charge in [-0.3, -0.25) is 0 Å². The summed E-state index contributed by atoms with van der Waals surface area (Å²) in [4.78, 5) is 11.2. The predicted octanol–water partition coefficient (Wildman–Crippen LogP) is 1.59. The van der Waals surface area contributed by atoms with Crippen LogP contribution < -0.4 is 4.74 Å². The molecule has 0 spiro atoms. The summed E-state index contributed by atoms with van der Waals surface area (Å²) in [5.74, 6) is 0.131. The molecule has 1 aromatic carbocycles. The molecule has 2 rings (SSSR count). The topological polar surface area (TPSA) is 55.8 Å². The summed E-state index contributed by atoms with van der Waals surface area (Å²) < 4.78 is 10.6. The highest BCUT2D eigenvalue weighted by molar-refractivity contribution is 9.10. The molecule has 1 unspecified atom stereocenters. The predicted molar refractivity (Wildman–Crippen MR) is 60.3 cm³/mol. The second kappa shape index (κ2) is 4.43. The van der Waals surface area contributed by atoms with E-state index in [1.165, 1.54) is 7.11 Å². The lowest BCUT2D eigenvalue weighted by atomic mass is 10.0. The van der Waals surface area contributed by atoms with Gasteiger partial charge >= 0.3 is 5.97 Å². The smallest absolute Gasteiger partial charge is 0.339 e. The molecule has 1 atom stereocenters. The number of methoxy groups -OCH3 is 1. The Bertz CT molecular complexity index is 430. The number of benzene rings is 1. The van der Waals surface area contributed by atoms with Crippen molar-refractivity contribution in [2.45, 2.75) is 12.5 Å². The highest BCUT2D eigenvalue weighted by atomic mass is 79.9. The van der Waals surface area contributed by atoms with Crippen LogP contribution in [0, 0.1) is 0 Å². The summed E-state index contributed by atoms with van der Waals surface area (Å²) in [6, 6.07) is 3.44. The Labute approximate surface area is 101 Å². The lowest BCUT2D eigenvalue weighted by molar-refractivity contribution is -0.150. The Hall–Kier alpha value is -1.07. The number of ether oxygens (including phenoxy) is 2. The molecule has 0 amide bonds. The van der Waals surface area contributed by atoms with E-state index in [0.717, 1.165) is 22.2 Å². The molecule has 0 bridgehead atoms. The molecule has 1 aliphatic heterocycles. The molecule has 0 saturated carbocycles. The highest BCUT2D eigenvalue weighted by Crippen LogP contribution is 2.36. The fourth-order valence-corrected chi connectivity index (χ4v) is 2.32. The normalized spacial score (nSPS) is 15.2. The summed E-state index contributed by atoms with van der Waals surface area (Å²) >= 11 is 3.35. The molecule has 4 nitrogen and oxygen atoms in total. The number of hydrogen-bond donors (Lipinski definition) is 1. The lowest BCUT2D eigenvalue weighted by Crippen LogP contribution is -2.13. The second-order valence-electron chi connectivity index (χ2n) is 3.52. The van der Waals surface area contributed by atoms with Crippen LogP contribution >= 0.6 is 15.9 Å². The summed E-state index contributed by atoms with van der Waals surface area (Å²) in [6.07, 6.45) is -0.456. The van der Waals surface area contributed by atoms with Gasteiger partial charge in [-0.1, -0.05) is 0 Å². The molecule has 0 aliphatic carbocycles. The molecule has 0 fully saturated rings. The van der Waals surface area contributed by atoms with Crippen LogP contribution in [0.3, 0.4) is 0 Å². The van der Waals surface area contributed by atoms with E-state index in [4.69, 9.17) is 4.74 Å². The van der Waals surface area contributed by atoms with Gasteiger partial charge in [-0.05, 0) is 39.2 Å². The number of rotatable bonds is 2. The third-order valence-electron chi connectivity index (χ3n) is 2.50. The van der Waals surface area contributed by atoms with Crippen molar-refractivity contribution < 1.29 is 19.4 Å². The first kappa shape index (κ1) is 11.4. The van der Waals surface area contributed by atoms with Crippen molar-refractivity contribution in [2.75, 3.05) is 13.7 Å². The monoisotopic (exact) mass is 286 g/mol. The maximum Gasteiger partial charge on any atom is 0.339 e. The highest BCUT2D eigenvalue weighted by Gasteiger charge is 2.23. The summed E-state index contributed by atoms with van der Waals surface area (Å²) in [7, 11) is 1.25. The Kier molecular flexibility index (Phi) is 3.16. The number of carbonyl (C=O) groups excluding carboxylic acids is 1. The van der Waals surface area contributed by atoms with E-state index in [0.29, 0.717) is 12.2 Å². The van der Waals surface area contributed by atoms with Gasteiger partial charge in [0.1, 0.15) is 5.75 Å². The number of carbonyl (C=O) groups is 1. The van der Waals surface area contributed by atoms with Crippen molar-refractivity contribution in [3.05, 3.63) is 27.7 Å². The standard InChI is InChI=1S/C11H11BrO4/c1-15-11(14)9(13)7-4-6-2-3-16-10(6)8(12)5-7/h4-5,9,13H,2-3H2,1H3. The van der Waals surface area contributed by atoms with Gasteiger partial charge in [0.05, 0.1) is 18.2 Å². The van der Waals surface area contributed by atoms with E-state index >= 15 is 0 Å². The summed E-state index contributed by atoms with van der Waals surface area (Å²) in [5.41, 5.74) is 1.51. The molecule has 1 aliphatic rings. The minimum Gasteiger partial charge on any atom is -0.492 e. The number of halogens is 1. The average molecular weight is 287 g/mol. The summed E-state index contributed by atoms with van der Waals surface area (Å²) in [6.45, 7) is 0.631. The van der Waals surface area contributed by atoms with Crippen molar-refractivity contribution in [2.24, 2.45) is 0 Å². The number of esters is 1. The molecule has 1 N–H and O–H groups in total. The van der Waals surface area contributed by atoms with Crippen molar-refractivity contribution in [1.82, 2.24) is 0 Å². The van der Waals surface area contributed by atoms with Gasteiger partial charge in [-0.25, -0.2) is 4.79 Å². The van der Waals surface area contributed by atoms with Gasteiger partial charge in [0.2, 0.25) is 0 Å². The zero-order chi connectivity index (χ0) is 11.7. The zero-order valence-electron chi connectivity index (χ0n) is 8.70. The maximum absolute atomic E-state index is 11.2. The van der Waals surface area contributed by atoms with Crippen LogP contribution in [-0.2, 0) is 16.0 Å². The Morgan fingerprint density at radius 3 is 3.06 bits per heavy atom. The Morgan fingerprint density at radius 1 is 1.62 bits per heavy atom. The van der Waals surface area contributed by atoms with E-state index in [9.17, 15) is 9.90 Å². The van der Waals surface area contributed by atoms with Gasteiger partial charge in [-0.15, -0.1) is 0 Å². The fourth-order valence-electron chi connectivity index (χ4n) is 1.69. The van der Waals surface area contributed by atoms with Gasteiger partial charge in [0.25, 0.3) is 0 Å². The van der Waals surface area contributed by atoms with Crippen LogP contribution in [0.2, 0.25) is 0 Å². The first-order valence-electron chi connectivity index (χ1n) is 4.84. The molecular weight excluding hydrogens is 276 g/mol. The molecule has 86 valence electrons. The zero-order valence-corrected chi connectivity index (χ0v) is 10.3. The minimum absolute atomic E-state index is 0.517. The van der Waals surface area contributed by atoms with Crippen LogP contribution in [0.4, 0.5) is 0 Å². The van der Waals surface area contributed by atoms with Gasteiger partial charge < -0.3 is 14.6 Å². The number of aliphatic hydroxyl groups excluding tert-OH is 1. The molecule has 1 heterocycles. The SMILES string of the molecule is COC(=O)C(O)c1cc(Br)c2c(c1)CCO2. The van der Waals surface area contributed by atoms with E-state index < -0.39 is 12.1 Å². The van der Waals surface area contributed by atoms with Crippen molar-refractivity contribution in [3.63, 3.8) is 0 Å². The third kappa shape index (κ3) is 1.92. The van der Waals surface area contributed by atoms with E-state index in [-0.39, 0.29) is 0 Å². The van der Waals surface area contributed by atoms with E-state index in [1.807, 2.05) is 0 Å². The lowest BCUT2D eigenvalue weighted by Gasteiger charge is -2.11. The van der Waals surface area contributed by atoms with Gasteiger partial charge in [0, 0.05) is 6.42 Å². The quantitative estimate of drug-likeness (QED) is 0.839. The molecule has 0 saturated heterocycles. The van der Waals surface area contributed by atoms with Gasteiger partial charge in [0.15, 0.2) is 6.10 Å². The third-order valence-corrected chi connectivity index (χ3v) is 3.09. The average Bonchev–Trinajstić information content (AvgIpc) is 2.75. The molecule has 0 aromatic heterocycles. The fraction of sp³-hybridized carbons (Fsp3) is 0.364. The van der Waals surface area contributed by atoms with E-state index in [1.54, 1.807) is 12.1 Å². The first-order chi connectivity index (χ1) is 7.63. The largest absolute Gasteiger partial charge is 0.492 e.